The quantitative estimate of drug-likeness (QED) is 0.0272. The van der Waals surface area contributed by atoms with Gasteiger partial charge < -0.3 is 55.7 Å². The fourth-order valence-electron chi connectivity index (χ4n) is 8.37. The number of rotatable bonds is 14. The number of carbonyl (C=O) groups is 5. The summed E-state index contributed by atoms with van der Waals surface area (Å²) in [4.78, 5) is 77.5. The number of hydrogen-bond acceptors (Lipinski definition) is 17. The second-order valence-corrected chi connectivity index (χ2v) is 16.2. The van der Waals surface area contributed by atoms with Crippen LogP contribution in [0.2, 0.25) is 0 Å². The number of aliphatic hydroxyl groups excluding tert-OH is 1. The summed E-state index contributed by atoms with van der Waals surface area (Å²) in [6.45, 7) is 0.664. The van der Waals surface area contributed by atoms with Crippen LogP contribution < -0.4 is 21.1 Å². The molecule has 1 heterocycles. The van der Waals surface area contributed by atoms with E-state index < -0.39 is 130 Å². The molecule has 1 aliphatic heterocycles. The standard InChI is InChI=1S/C45H43F3N4O15/c1-20-37(54)27(49)16-32(66-20)67-30-18-44(61,17-25-34(30)41(58)36-35(39(25)56)38(55)24-5-3-6-29(64-2)33(24)40(36)57)31(53)19-65-43(60)22-9-7-21(8-10-22)42(59)51-14-4-13-50-23-11-12-28(52(62)63)26(15-23)45(46,47)48/h3,5-12,15,20,27,30,32,37,50,54,56,58,61H,4,13-14,16-19,49H2,1-2H3,(H,51,59)/t20-,27-,30-,32-,37+,44-/m0/s1. The molecule has 0 bridgehead atoms. The number of alkyl halides is 3. The first kappa shape index (κ1) is 48.0. The van der Waals surface area contributed by atoms with Gasteiger partial charge in [-0.3, -0.25) is 29.3 Å². The van der Waals surface area contributed by atoms with Crippen LogP contribution in [-0.2, 0) is 31.6 Å². The number of fused-ring (bicyclic) bond motifs is 3. The molecule has 8 N–H and O–H groups in total. The Morgan fingerprint density at radius 2 is 1.67 bits per heavy atom. The molecule has 22 heteroatoms. The molecule has 0 saturated carbocycles. The molecule has 4 aromatic rings. The Morgan fingerprint density at radius 1 is 0.985 bits per heavy atom. The van der Waals surface area contributed by atoms with Crippen LogP contribution in [0.4, 0.5) is 24.5 Å². The number of ketones is 3. The molecule has 4 aromatic carbocycles. The summed E-state index contributed by atoms with van der Waals surface area (Å²) >= 11 is 0. The summed E-state index contributed by atoms with van der Waals surface area (Å²) in [5.41, 5.74) is -0.886. The fraction of sp³-hybridized carbons (Fsp3) is 0.356. The van der Waals surface area contributed by atoms with Crippen LogP contribution >= 0.6 is 0 Å². The van der Waals surface area contributed by atoms with Crippen molar-refractivity contribution < 1.29 is 81.4 Å². The fourth-order valence-corrected chi connectivity index (χ4v) is 8.37. The first-order chi connectivity index (χ1) is 31.6. The van der Waals surface area contributed by atoms with Crippen LogP contribution in [0.3, 0.4) is 0 Å². The molecule has 3 aliphatic rings. The number of aromatic hydroxyl groups is 2. The Kier molecular flexibility index (Phi) is 13.4. The summed E-state index contributed by atoms with van der Waals surface area (Å²) in [5.74, 6) is -5.97. The van der Waals surface area contributed by atoms with Gasteiger partial charge in [0.05, 0.1) is 52.6 Å². The molecule has 1 amide bonds. The number of nitro groups is 1. The number of esters is 1. The van der Waals surface area contributed by atoms with Crippen LogP contribution in [0, 0.1) is 10.1 Å². The van der Waals surface area contributed by atoms with Crippen molar-refractivity contribution in [1.29, 1.82) is 0 Å². The molecule has 354 valence electrons. The second kappa shape index (κ2) is 18.7. The number of Topliss-reactive ketones (excluding diaryl/α,β-unsaturated/α-hetero) is 1. The minimum atomic E-state index is -4.95. The number of phenols is 2. The summed E-state index contributed by atoms with van der Waals surface area (Å²) in [7, 11) is 1.28. The molecule has 1 fully saturated rings. The van der Waals surface area contributed by atoms with Crippen molar-refractivity contribution in [3.05, 3.63) is 121 Å². The average molecular weight is 937 g/mol. The SMILES string of the molecule is COc1cccc2c1C(=O)c1c(O)c3c(c(O)c1C2=O)C[C@@](O)(C(=O)COC(=O)c1ccc(C(=O)NCCCNc2ccc([N+](=O)[O-])c(C(F)(F)F)c2)cc1)C[C@@H]3O[C@H]1C[C@H](N)[C@H](O)[C@H](C)O1. The number of nitro benzene ring substituents is 1. The monoisotopic (exact) mass is 936 g/mol. The topological polar surface area (TPSA) is 296 Å². The lowest BCUT2D eigenvalue weighted by Gasteiger charge is -2.42. The lowest BCUT2D eigenvalue weighted by molar-refractivity contribution is -0.388. The van der Waals surface area contributed by atoms with E-state index in [9.17, 15) is 67.7 Å². The predicted molar refractivity (Wildman–Crippen MR) is 225 cm³/mol. The van der Waals surface area contributed by atoms with Gasteiger partial charge >= 0.3 is 12.1 Å². The largest absolute Gasteiger partial charge is 0.507 e. The van der Waals surface area contributed by atoms with Gasteiger partial charge in [0.15, 0.2) is 18.7 Å². The number of nitrogens with one attached hydrogen (secondary N) is 2. The van der Waals surface area contributed by atoms with Gasteiger partial charge in [0.1, 0.15) is 28.4 Å². The van der Waals surface area contributed by atoms with Crippen LogP contribution in [0.25, 0.3) is 0 Å². The van der Waals surface area contributed by atoms with Gasteiger partial charge in [-0.1, -0.05) is 12.1 Å². The first-order valence-electron chi connectivity index (χ1n) is 20.7. The number of methoxy groups -OCH3 is 1. The van der Waals surface area contributed by atoms with Crippen molar-refractivity contribution in [3.63, 3.8) is 0 Å². The van der Waals surface area contributed by atoms with E-state index >= 15 is 0 Å². The normalized spacial score (nSPS) is 22.2. The van der Waals surface area contributed by atoms with Gasteiger partial charge in [0.25, 0.3) is 11.6 Å². The molecule has 0 radical (unpaired) electrons. The summed E-state index contributed by atoms with van der Waals surface area (Å²) < 4.78 is 62.4. The smallest absolute Gasteiger partial charge is 0.423 e. The number of nitrogens with zero attached hydrogens (tertiary/aromatic N) is 1. The number of benzene rings is 4. The molecule has 1 saturated heterocycles. The number of carbonyl (C=O) groups excluding carboxylic acids is 5. The molecular weight excluding hydrogens is 894 g/mol. The van der Waals surface area contributed by atoms with Crippen molar-refractivity contribution >= 4 is 40.6 Å². The van der Waals surface area contributed by atoms with Gasteiger partial charge in [-0.05, 0) is 55.8 Å². The van der Waals surface area contributed by atoms with Gasteiger partial charge in [0, 0.05) is 72.4 Å². The second-order valence-electron chi connectivity index (χ2n) is 16.2. The van der Waals surface area contributed by atoms with Crippen LogP contribution in [0.5, 0.6) is 17.2 Å². The maximum atomic E-state index is 14.0. The van der Waals surface area contributed by atoms with E-state index in [1.165, 1.54) is 56.5 Å². The maximum Gasteiger partial charge on any atom is 0.423 e. The van der Waals surface area contributed by atoms with Crippen molar-refractivity contribution in [1.82, 2.24) is 5.32 Å². The van der Waals surface area contributed by atoms with E-state index in [0.717, 1.165) is 12.1 Å². The van der Waals surface area contributed by atoms with Crippen LogP contribution in [-0.4, -0.2) is 112 Å². The Balaban J connectivity index is 1.02. The summed E-state index contributed by atoms with van der Waals surface area (Å²) in [6.07, 6.45) is -10.8. The molecule has 0 unspecified atom stereocenters. The lowest BCUT2D eigenvalue weighted by Crippen LogP contribution is -2.53. The van der Waals surface area contributed by atoms with Crippen molar-refractivity contribution in [3.8, 4) is 17.2 Å². The van der Waals surface area contributed by atoms with Gasteiger partial charge in [0.2, 0.25) is 11.6 Å². The molecule has 6 atom stereocenters. The number of halogens is 3. The van der Waals surface area contributed by atoms with E-state index in [0.29, 0.717) is 6.07 Å². The van der Waals surface area contributed by atoms with E-state index in [2.05, 4.69) is 10.6 Å². The highest BCUT2D eigenvalue weighted by atomic mass is 19.4. The molecule has 7 rings (SSSR count). The minimum Gasteiger partial charge on any atom is -0.507 e. The lowest BCUT2D eigenvalue weighted by atomic mass is 9.72. The highest BCUT2D eigenvalue weighted by Gasteiger charge is 2.51. The zero-order chi connectivity index (χ0) is 48.7. The Morgan fingerprint density at radius 3 is 2.33 bits per heavy atom. The zero-order valence-electron chi connectivity index (χ0n) is 35.5. The summed E-state index contributed by atoms with van der Waals surface area (Å²) in [5, 5.41) is 62.3. The van der Waals surface area contributed by atoms with E-state index in [1.54, 1.807) is 0 Å². The number of hydrogen-bond donors (Lipinski definition) is 7. The molecule has 67 heavy (non-hydrogen) atoms. The summed E-state index contributed by atoms with van der Waals surface area (Å²) in [6, 6.07) is 10.9. The zero-order valence-corrected chi connectivity index (χ0v) is 35.5. The van der Waals surface area contributed by atoms with Crippen molar-refractivity contribution in [2.75, 3.05) is 32.1 Å². The third-order valence-corrected chi connectivity index (χ3v) is 11.8. The number of ether oxygens (including phenoxy) is 4. The van der Waals surface area contributed by atoms with Gasteiger partial charge in [-0.25, -0.2) is 4.79 Å². The highest BCUT2D eigenvalue weighted by molar-refractivity contribution is 6.31. The minimum absolute atomic E-state index is 0.0138. The first-order valence-corrected chi connectivity index (χ1v) is 20.7. The molecule has 19 nitrogen and oxygen atoms in total. The van der Waals surface area contributed by atoms with Gasteiger partial charge in [-0.15, -0.1) is 0 Å². The molecule has 0 aromatic heterocycles. The predicted octanol–water partition coefficient (Wildman–Crippen LogP) is 4.03. The Hall–Kier alpha value is -6.98. The van der Waals surface area contributed by atoms with Crippen LogP contribution in [0.1, 0.15) is 102 Å². The van der Waals surface area contributed by atoms with E-state index in [-0.39, 0.29) is 70.7 Å². The Bertz CT molecular complexity index is 2670. The van der Waals surface area contributed by atoms with E-state index in [4.69, 9.17) is 24.7 Å². The maximum absolute atomic E-state index is 14.0. The van der Waals surface area contributed by atoms with Crippen LogP contribution in [0.15, 0.2) is 60.7 Å². The number of anilines is 1. The third-order valence-electron chi connectivity index (χ3n) is 11.8. The van der Waals surface area contributed by atoms with Gasteiger partial charge in [-0.2, -0.15) is 13.2 Å². The third kappa shape index (κ3) is 9.38. The van der Waals surface area contributed by atoms with Crippen molar-refractivity contribution in [2.24, 2.45) is 5.73 Å². The number of amides is 1. The molecule has 2 aliphatic carbocycles. The van der Waals surface area contributed by atoms with E-state index in [1.807, 2.05) is 0 Å². The highest BCUT2D eigenvalue weighted by Crippen LogP contribution is 2.52. The number of aliphatic hydroxyl groups is 2. The van der Waals surface area contributed by atoms with Crippen molar-refractivity contribution in [2.45, 2.75) is 75.0 Å². The number of phenolic OH excluding ortho intramolecular Hbond substituents is 2. The molecular formula is C45H43F3N4O15. The average Bonchev–Trinajstić information content (AvgIpc) is 3.29. The number of nitrogens with two attached hydrogens (primary N) is 1. The Labute approximate surface area is 377 Å². The molecule has 0 spiro atoms.